The van der Waals surface area contributed by atoms with Gasteiger partial charge in [-0.3, -0.25) is 4.79 Å². The zero-order chi connectivity index (χ0) is 58.6. The van der Waals surface area contributed by atoms with Crippen LogP contribution in [0.5, 0.6) is 0 Å². The van der Waals surface area contributed by atoms with Crippen molar-refractivity contribution < 1.29 is 39.8 Å². The lowest BCUT2D eigenvalue weighted by Crippen LogP contribution is -2.60. The van der Waals surface area contributed by atoms with Crippen LogP contribution in [0.2, 0.25) is 0 Å². The minimum absolute atomic E-state index is 0.188. The van der Waals surface area contributed by atoms with Gasteiger partial charge in [-0.15, -0.1) is 0 Å². The molecule has 7 atom stereocenters. The molecule has 474 valence electrons. The molecule has 1 fully saturated rings. The van der Waals surface area contributed by atoms with Crippen LogP contribution in [0.1, 0.15) is 335 Å². The van der Waals surface area contributed by atoms with Gasteiger partial charge in [-0.25, -0.2) is 0 Å². The second-order valence-electron chi connectivity index (χ2n) is 24.3. The Morgan fingerprint density at radius 3 is 1.11 bits per heavy atom. The molecule has 0 bridgehead atoms. The molecule has 0 aromatic heterocycles. The smallest absolute Gasteiger partial charge is 0.220 e. The van der Waals surface area contributed by atoms with Crippen molar-refractivity contribution in [2.45, 2.75) is 378 Å². The number of carbonyl (C=O) groups is 1. The zero-order valence-corrected chi connectivity index (χ0v) is 53.0. The van der Waals surface area contributed by atoms with Gasteiger partial charge in [0, 0.05) is 6.42 Å². The highest BCUT2D eigenvalue weighted by Gasteiger charge is 2.44. The van der Waals surface area contributed by atoms with E-state index < -0.39 is 49.5 Å². The van der Waals surface area contributed by atoms with Gasteiger partial charge < -0.3 is 40.3 Å². The molecule has 81 heavy (non-hydrogen) atoms. The lowest BCUT2D eigenvalue weighted by Gasteiger charge is -2.40. The van der Waals surface area contributed by atoms with Crippen molar-refractivity contribution in [2.24, 2.45) is 0 Å². The number of aliphatic hydroxyl groups excluding tert-OH is 5. The summed E-state index contributed by atoms with van der Waals surface area (Å²) in [5, 5.41) is 54.7. The molecule has 6 N–H and O–H groups in total. The highest BCUT2D eigenvalue weighted by Crippen LogP contribution is 2.23. The van der Waals surface area contributed by atoms with Crippen LogP contribution < -0.4 is 5.32 Å². The van der Waals surface area contributed by atoms with Crippen LogP contribution in [0.25, 0.3) is 0 Å². The second kappa shape index (κ2) is 61.0. The number of unbranched alkanes of at least 4 members (excludes halogenated alkanes) is 43. The number of rotatable bonds is 61. The van der Waals surface area contributed by atoms with E-state index in [0.29, 0.717) is 6.42 Å². The summed E-state index contributed by atoms with van der Waals surface area (Å²) in [5.41, 5.74) is 0. The van der Waals surface area contributed by atoms with Crippen molar-refractivity contribution >= 4 is 5.91 Å². The van der Waals surface area contributed by atoms with Crippen LogP contribution in [-0.4, -0.2) is 87.5 Å². The Kier molecular flexibility index (Phi) is 57.9. The van der Waals surface area contributed by atoms with Gasteiger partial charge in [0.25, 0.3) is 0 Å². The molecule has 0 spiro atoms. The fraction of sp³-hybridized carbons (Fsp3) is 0.847. The Morgan fingerprint density at radius 1 is 0.420 bits per heavy atom. The molecule has 9 heteroatoms. The van der Waals surface area contributed by atoms with Gasteiger partial charge >= 0.3 is 0 Å². The molecule has 0 aromatic rings. The summed E-state index contributed by atoms with van der Waals surface area (Å²) in [6, 6.07) is -0.832. The summed E-state index contributed by atoms with van der Waals surface area (Å²) in [6.07, 6.45) is 77.6. The summed E-state index contributed by atoms with van der Waals surface area (Å²) in [7, 11) is 0. The van der Waals surface area contributed by atoms with Crippen molar-refractivity contribution in [1.29, 1.82) is 0 Å². The predicted molar refractivity (Wildman–Crippen MR) is 346 cm³/mol. The molecular formula is C72H133NO8. The lowest BCUT2D eigenvalue weighted by atomic mass is 9.99. The van der Waals surface area contributed by atoms with Crippen LogP contribution in [-0.2, 0) is 14.3 Å². The second-order valence-corrected chi connectivity index (χ2v) is 24.3. The molecule has 0 aromatic carbocycles. The summed E-state index contributed by atoms with van der Waals surface area (Å²) in [6.45, 7) is 3.79. The predicted octanol–water partition coefficient (Wildman–Crippen LogP) is 19.0. The van der Waals surface area contributed by atoms with E-state index in [0.717, 1.165) is 51.4 Å². The quantitative estimate of drug-likeness (QED) is 0.0261. The van der Waals surface area contributed by atoms with Gasteiger partial charge in [-0.2, -0.15) is 0 Å². The van der Waals surface area contributed by atoms with E-state index in [4.69, 9.17) is 9.47 Å². The molecule has 0 radical (unpaired) electrons. The van der Waals surface area contributed by atoms with Crippen LogP contribution in [0, 0.1) is 0 Å². The Hall–Kier alpha value is -2.11. The van der Waals surface area contributed by atoms with Gasteiger partial charge in [0.15, 0.2) is 6.29 Å². The molecule has 9 nitrogen and oxygen atoms in total. The van der Waals surface area contributed by atoms with Crippen LogP contribution in [0.15, 0.2) is 60.8 Å². The minimum Gasteiger partial charge on any atom is -0.394 e. The van der Waals surface area contributed by atoms with Crippen molar-refractivity contribution in [3.8, 4) is 0 Å². The van der Waals surface area contributed by atoms with Crippen molar-refractivity contribution in [2.75, 3.05) is 13.2 Å². The number of ether oxygens (including phenoxy) is 2. The highest BCUT2D eigenvalue weighted by molar-refractivity contribution is 5.76. The minimum atomic E-state index is -1.58. The molecule has 7 unspecified atom stereocenters. The van der Waals surface area contributed by atoms with Crippen LogP contribution >= 0.6 is 0 Å². The Balaban J connectivity index is 2.17. The maximum atomic E-state index is 13.1. The van der Waals surface area contributed by atoms with Crippen LogP contribution in [0.4, 0.5) is 0 Å². The molecule has 1 heterocycles. The summed E-state index contributed by atoms with van der Waals surface area (Å²) in [4.78, 5) is 13.1. The number of nitrogens with one attached hydrogen (secondary N) is 1. The van der Waals surface area contributed by atoms with E-state index in [9.17, 15) is 30.3 Å². The van der Waals surface area contributed by atoms with Crippen LogP contribution in [0.3, 0.4) is 0 Å². The van der Waals surface area contributed by atoms with Crippen molar-refractivity contribution in [3.63, 3.8) is 0 Å². The first-order valence-electron chi connectivity index (χ1n) is 35.0. The third-order valence-electron chi connectivity index (χ3n) is 16.5. The number of hydrogen-bond acceptors (Lipinski definition) is 8. The summed E-state index contributed by atoms with van der Waals surface area (Å²) in [5.74, 6) is -0.188. The average Bonchev–Trinajstić information content (AvgIpc) is 3.48. The van der Waals surface area contributed by atoms with Crippen molar-refractivity contribution in [1.82, 2.24) is 5.32 Å². The van der Waals surface area contributed by atoms with Gasteiger partial charge in [0.2, 0.25) is 5.91 Å². The Bertz CT molecular complexity index is 1460. The topological polar surface area (TPSA) is 149 Å². The van der Waals surface area contributed by atoms with E-state index in [1.165, 1.54) is 263 Å². The molecule has 0 aliphatic carbocycles. The maximum Gasteiger partial charge on any atom is 0.220 e. The number of allylic oxidation sites excluding steroid dienone is 9. The Morgan fingerprint density at radius 2 is 0.741 bits per heavy atom. The van der Waals surface area contributed by atoms with Crippen molar-refractivity contribution in [3.05, 3.63) is 60.8 Å². The summed E-state index contributed by atoms with van der Waals surface area (Å²) >= 11 is 0. The fourth-order valence-electron chi connectivity index (χ4n) is 11.0. The molecule has 1 saturated heterocycles. The molecular weight excluding hydrogens is 1010 g/mol. The SMILES string of the molecule is CCCCCCC/C=C\C/C=C\CCCCCCCCCCCCCCCCCC(=O)NC(COC1OC(CO)C(O)C(O)C1O)C(O)/C=C/CC/C=C/CC/C=C/CCCCCCCCCCCCCCCCCCCCCCC. The van der Waals surface area contributed by atoms with E-state index >= 15 is 0 Å². The Labute approximate surface area is 500 Å². The highest BCUT2D eigenvalue weighted by atomic mass is 16.7. The average molecular weight is 1140 g/mol. The summed E-state index contributed by atoms with van der Waals surface area (Å²) < 4.78 is 11.3. The molecule has 1 aliphatic rings. The monoisotopic (exact) mass is 1140 g/mol. The lowest BCUT2D eigenvalue weighted by molar-refractivity contribution is -0.302. The van der Waals surface area contributed by atoms with Gasteiger partial charge in [-0.1, -0.05) is 312 Å². The van der Waals surface area contributed by atoms with Gasteiger partial charge in [-0.05, 0) is 77.0 Å². The zero-order valence-electron chi connectivity index (χ0n) is 53.0. The maximum absolute atomic E-state index is 13.1. The number of hydrogen-bond donors (Lipinski definition) is 6. The van der Waals surface area contributed by atoms with E-state index in [1.54, 1.807) is 6.08 Å². The van der Waals surface area contributed by atoms with E-state index in [-0.39, 0.29) is 12.5 Å². The molecule has 1 rings (SSSR count). The molecule has 1 aliphatic heterocycles. The normalized spacial score (nSPS) is 18.7. The third-order valence-corrected chi connectivity index (χ3v) is 16.5. The first-order chi connectivity index (χ1) is 39.8. The fourth-order valence-corrected chi connectivity index (χ4v) is 11.0. The number of carbonyl (C=O) groups excluding carboxylic acids is 1. The first kappa shape index (κ1) is 76.9. The third kappa shape index (κ3) is 49.8. The number of aliphatic hydroxyl groups is 5. The standard InChI is InChI=1S/C72H133NO8/c1-3-5-7-9-11-13-15-17-19-21-23-25-27-29-31-32-33-34-36-37-39-41-43-45-47-49-51-53-55-57-59-61-66(75)65(64-80-72-71(79)70(78)69(77)67(63-74)81-72)73-68(76)62-60-58-56-54-52-50-48-46-44-42-40-38-35-30-28-26-24-22-20-18-16-14-12-10-8-6-4-2/h16,18,22,24,43,45,51,53,59,61,65-67,69-72,74-75,77-79H,3-15,17,19-21,23,25-42,44,46-50,52,54-58,60,62-64H2,1-2H3,(H,73,76)/b18-16-,24-22-,45-43+,53-51+,61-59+. The van der Waals surface area contributed by atoms with Gasteiger partial charge in [0.05, 0.1) is 25.4 Å². The van der Waals surface area contributed by atoms with E-state index in [2.05, 4.69) is 67.8 Å². The number of amides is 1. The molecule has 0 saturated carbocycles. The first-order valence-corrected chi connectivity index (χ1v) is 35.0. The van der Waals surface area contributed by atoms with Gasteiger partial charge in [0.1, 0.15) is 24.4 Å². The molecule has 1 amide bonds. The largest absolute Gasteiger partial charge is 0.394 e. The van der Waals surface area contributed by atoms with E-state index in [1.807, 2.05) is 6.08 Å².